The van der Waals surface area contributed by atoms with E-state index in [2.05, 4.69) is 20.3 Å². The van der Waals surface area contributed by atoms with Crippen molar-refractivity contribution < 1.29 is 24.9 Å². The van der Waals surface area contributed by atoms with Gasteiger partial charge in [0.2, 0.25) is 11.9 Å². The van der Waals surface area contributed by atoms with Crippen LogP contribution in [0.4, 0.5) is 5.95 Å². The second-order valence-corrected chi connectivity index (χ2v) is 6.50. The van der Waals surface area contributed by atoms with Gasteiger partial charge < -0.3 is 19.9 Å². The Labute approximate surface area is 146 Å². The predicted molar refractivity (Wildman–Crippen MR) is 88.2 cm³/mol. The molecule has 11 nitrogen and oxygen atoms in total. The number of aromatic amines is 1. The van der Waals surface area contributed by atoms with Crippen LogP contribution in [0.5, 0.6) is 0 Å². The first-order chi connectivity index (χ1) is 12.3. The van der Waals surface area contributed by atoms with Gasteiger partial charge in [0.25, 0.3) is 5.56 Å². The van der Waals surface area contributed by atoms with E-state index < -0.39 is 42.1 Å². The van der Waals surface area contributed by atoms with Crippen LogP contribution in [0.25, 0.3) is 11.2 Å². The lowest BCUT2D eigenvalue weighted by molar-refractivity contribution is -0.125. The lowest BCUT2D eigenvalue weighted by atomic mass is 10.1. The van der Waals surface area contributed by atoms with E-state index in [-0.39, 0.29) is 28.9 Å². The summed E-state index contributed by atoms with van der Waals surface area (Å²) in [6.07, 6.45) is -1.79. The predicted octanol–water partition coefficient (Wildman–Crippen LogP) is -1.83. The average molecular weight is 365 g/mol. The van der Waals surface area contributed by atoms with Gasteiger partial charge in [-0.05, 0) is 0 Å². The van der Waals surface area contributed by atoms with Gasteiger partial charge in [-0.1, -0.05) is 13.8 Å². The molecule has 1 fully saturated rings. The molecular formula is C15H19N5O6. The number of fused-ring (bicyclic) bond motifs is 1. The van der Waals surface area contributed by atoms with Crippen LogP contribution in [0.1, 0.15) is 19.9 Å². The Balaban J connectivity index is 2.08. The van der Waals surface area contributed by atoms with Crippen molar-refractivity contribution in [2.75, 3.05) is 11.9 Å². The monoisotopic (exact) mass is 365 g/mol. The maximum absolute atomic E-state index is 12.4. The van der Waals surface area contributed by atoms with Gasteiger partial charge >= 0.3 is 0 Å². The summed E-state index contributed by atoms with van der Waals surface area (Å²) in [4.78, 5) is 46.8. The number of Topliss-reactive ketones (excluding diaryl/α,β-unsaturated/α-hetero) is 1. The van der Waals surface area contributed by atoms with Gasteiger partial charge in [0.15, 0.2) is 16.9 Å². The molecule has 140 valence electrons. The molecule has 0 aliphatic heterocycles. The summed E-state index contributed by atoms with van der Waals surface area (Å²) in [7, 11) is 0. The minimum Gasteiger partial charge on any atom is -0.396 e. The van der Waals surface area contributed by atoms with Crippen molar-refractivity contribution in [1.29, 1.82) is 0 Å². The van der Waals surface area contributed by atoms with E-state index in [1.165, 1.54) is 4.57 Å². The lowest BCUT2D eigenvalue weighted by Crippen LogP contribution is -2.30. The molecular weight excluding hydrogens is 346 g/mol. The number of aliphatic hydroxyl groups is 3. The number of carbonyl (C=O) groups excluding carboxylic acids is 2. The van der Waals surface area contributed by atoms with Crippen LogP contribution in [-0.4, -0.2) is 65.3 Å². The SMILES string of the molecule is CC(C)C(=O)Nc1nc2c(ncn2[C@H]2C(=O)[C@H](CO)[C@H](O)[C@@H]2O)c(=O)[nH]1. The first-order valence-electron chi connectivity index (χ1n) is 8.04. The van der Waals surface area contributed by atoms with Crippen LogP contribution in [0.2, 0.25) is 0 Å². The Hall–Kier alpha value is -2.63. The number of rotatable bonds is 4. The summed E-state index contributed by atoms with van der Waals surface area (Å²) in [6, 6.07) is -1.25. The number of hydrogen-bond donors (Lipinski definition) is 5. The molecule has 26 heavy (non-hydrogen) atoms. The molecule has 3 rings (SSSR count). The fourth-order valence-corrected chi connectivity index (χ4v) is 2.93. The Morgan fingerprint density at radius 2 is 2.04 bits per heavy atom. The third-order valence-electron chi connectivity index (χ3n) is 4.44. The number of anilines is 1. The van der Waals surface area contributed by atoms with Gasteiger partial charge in [-0.15, -0.1) is 0 Å². The zero-order chi connectivity index (χ0) is 19.2. The summed E-state index contributed by atoms with van der Waals surface area (Å²) < 4.78 is 1.17. The summed E-state index contributed by atoms with van der Waals surface area (Å²) in [5.74, 6) is -2.58. The third kappa shape index (κ3) is 2.79. The van der Waals surface area contributed by atoms with Crippen molar-refractivity contribution in [3.05, 3.63) is 16.7 Å². The Bertz CT molecular complexity index is 919. The number of H-pyrrole nitrogens is 1. The van der Waals surface area contributed by atoms with E-state index in [1.807, 2.05) is 0 Å². The highest BCUT2D eigenvalue weighted by atomic mass is 16.3. The molecule has 2 aromatic rings. The maximum atomic E-state index is 12.4. The highest BCUT2D eigenvalue weighted by Crippen LogP contribution is 2.33. The van der Waals surface area contributed by atoms with Gasteiger partial charge in [-0.3, -0.25) is 24.7 Å². The highest BCUT2D eigenvalue weighted by Gasteiger charge is 2.49. The van der Waals surface area contributed by atoms with Gasteiger partial charge in [-0.2, -0.15) is 4.98 Å². The number of nitrogens with one attached hydrogen (secondary N) is 2. The zero-order valence-corrected chi connectivity index (χ0v) is 14.1. The molecule has 0 saturated heterocycles. The van der Waals surface area contributed by atoms with Gasteiger partial charge in [0.05, 0.1) is 25.0 Å². The molecule has 11 heteroatoms. The van der Waals surface area contributed by atoms with Gasteiger partial charge in [-0.25, -0.2) is 4.98 Å². The molecule has 1 aliphatic rings. The maximum Gasteiger partial charge on any atom is 0.280 e. The number of nitrogens with zero attached hydrogens (tertiary/aromatic N) is 3. The largest absolute Gasteiger partial charge is 0.396 e. The number of amides is 1. The number of hydrogen-bond acceptors (Lipinski definition) is 8. The molecule has 2 aromatic heterocycles. The molecule has 5 N–H and O–H groups in total. The van der Waals surface area contributed by atoms with Crippen LogP contribution in [0.15, 0.2) is 11.1 Å². The molecule has 1 amide bonds. The second kappa shape index (κ2) is 6.59. The van der Waals surface area contributed by atoms with Crippen LogP contribution >= 0.6 is 0 Å². The summed E-state index contributed by atoms with van der Waals surface area (Å²) in [5.41, 5.74) is -0.752. The van der Waals surface area contributed by atoms with E-state index in [0.717, 1.165) is 6.33 Å². The number of aliphatic hydroxyl groups excluding tert-OH is 3. The molecule has 0 spiro atoms. The van der Waals surface area contributed by atoms with Gasteiger partial charge in [0, 0.05) is 5.92 Å². The van der Waals surface area contributed by atoms with Crippen molar-refractivity contribution in [2.45, 2.75) is 32.1 Å². The fraction of sp³-hybridized carbons (Fsp3) is 0.533. The van der Waals surface area contributed by atoms with Gasteiger partial charge in [0.1, 0.15) is 12.1 Å². The van der Waals surface area contributed by atoms with Crippen LogP contribution in [0, 0.1) is 11.8 Å². The quantitative estimate of drug-likeness (QED) is 0.421. The summed E-state index contributed by atoms with van der Waals surface area (Å²) in [6.45, 7) is 2.71. The molecule has 2 heterocycles. The Kier molecular flexibility index (Phi) is 4.61. The van der Waals surface area contributed by atoms with E-state index >= 15 is 0 Å². The standard InChI is InChI=1S/C15H19N5O6/c1-5(2)13(25)18-15-17-12-7(14(26)19-15)16-4-20(12)8-9(22)6(3-21)10(23)11(8)24/h4-6,8,10-11,21,23-24H,3H2,1-2H3,(H2,17,18,19,25,26)/t6-,8-,10-,11+/m0/s1. The zero-order valence-electron chi connectivity index (χ0n) is 14.1. The van der Waals surface area contributed by atoms with Crippen molar-refractivity contribution >= 4 is 28.8 Å². The molecule has 1 aliphatic carbocycles. The molecule has 0 aromatic carbocycles. The normalized spacial score (nSPS) is 26.0. The summed E-state index contributed by atoms with van der Waals surface area (Å²) >= 11 is 0. The molecule has 0 unspecified atom stereocenters. The number of carbonyl (C=O) groups is 2. The van der Waals surface area contributed by atoms with Crippen molar-refractivity contribution in [3.63, 3.8) is 0 Å². The highest BCUT2D eigenvalue weighted by molar-refractivity contribution is 5.92. The first kappa shape index (κ1) is 18.2. The number of imidazole rings is 1. The molecule has 0 bridgehead atoms. The minimum atomic E-state index is -1.49. The Morgan fingerprint density at radius 3 is 2.62 bits per heavy atom. The van der Waals surface area contributed by atoms with Crippen LogP contribution in [0.3, 0.4) is 0 Å². The van der Waals surface area contributed by atoms with Crippen molar-refractivity contribution in [2.24, 2.45) is 11.8 Å². The van der Waals surface area contributed by atoms with E-state index in [1.54, 1.807) is 13.8 Å². The average Bonchev–Trinajstić information content (AvgIpc) is 3.07. The summed E-state index contributed by atoms with van der Waals surface area (Å²) in [5, 5.41) is 31.9. The first-order valence-corrected chi connectivity index (χ1v) is 8.04. The van der Waals surface area contributed by atoms with E-state index in [4.69, 9.17) is 0 Å². The van der Waals surface area contributed by atoms with E-state index in [9.17, 15) is 29.7 Å². The van der Waals surface area contributed by atoms with Crippen LogP contribution in [-0.2, 0) is 9.59 Å². The number of ketones is 1. The van der Waals surface area contributed by atoms with Crippen molar-refractivity contribution in [1.82, 2.24) is 19.5 Å². The molecule has 4 atom stereocenters. The molecule has 0 radical (unpaired) electrons. The smallest absolute Gasteiger partial charge is 0.280 e. The van der Waals surface area contributed by atoms with E-state index in [0.29, 0.717) is 0 Å². The third-order valence-corrected chi connectivity index (χ3v) is 4.44. The number of aromatic nitrogens is 4. The Morgan fingerprint density at radius 1 is 1.35 bits per heavy atom. The second-order valence-electron chi connectivity index (χ2n) is 6.50. The topological polar surface area (TPSA) is 170 Å². The van der Waals surface area contributed by atoms with Crippen molar-refractivity contribution in [3.8, 4) is 0 Å². The molecule has 1 saturated carbocycles. The van der Waals surface area contributed by atoms with Crippen LogP contribution < -0.4 is 10.9 Å². The minimum absolute atomic E-state index is 0.0315. The lowest BCUT2D eigenvalue weighted by Gasteiger charge is -2.17. The fourth-order valence-electron chi connectivity index (χ4n) is 2.93.